The van der Waals surface area contributed by atoms with Gasteiger partial charge in [0, 0.05) is 44.9 Å². The first kappa shape index (κ1) is 16.7. The van der Waals surface area contributed by atoms with Crippen molar-refractivity contribution in [2.24, 2.45) is 5.92 Å². The third-order valence-corrected chi connectivity index (χ3v) is 5.18. The van der Waals surface area contributed by atoms with Gasteiger partial charge in [0.25, 0.3) is 0 Å². The van der Waals surface area contributed by atoms with E-state index in [9.17, 15) is 4.79 Å². The lowest BCUT2D eigenvalue weighted by atomic mass is 9.88. The van der Waals surface area contributed by atoms with Crippen LogP contribution in [0, 0.1) is 5.92 Å². The van der Waals surface area contributed by atoms with Crippen molar-refractivity contribution in [3.05, 3.63) is 0 Å². The van der Waals surface area contributed by atoms with Crippen LogP contribution in [0.2, 0.25) is 0 Å². The molecule has 0 aromatic heterocycles. The molecule has 2 saturated heterocycles. The summed E-state index contributed by atoms with van der Waals surface area (Å²) in [6.07, 6.45) is 3.34. The Morgan fingerprint density at radius 2 is 1.95 bits per heavy atom. The number of amides is 1. The van der Waals surface area contributed by atoms with Crippen molar-refractivity contribution in [3.63, 3.8) is 0 Å². The Bertz CT molecular complexity index is 342. The number of likely N-dealkylation sites (tertiary alicyclic amines) is 2. The molecule has 5 heteroatoms. The summed E-state index contributed by atoms with van der Waals surface area (Å²) in [7, 11) is 3.80. The number of hydrogen-bond acceptors (Lipinski definition) is 4. The Labute approximate surface area is 129 Å². The van der Waals surface area contributed by atoms with Crippen molar-refractivity contribution in [1.29, 1.82) is 0 Å². The molecule has 0 aliphatic carbocycles. The zero-order valence-corrected chi connectivity index (χ0v) is 14.0. The third-order valence-electron chi connectivity index (χ3n) is 5.18. The Balaban J connectivity index is 1.77. The minimum Gasteiger partial charge on any atom is -0.375 e. The average molecular weight is 297 g/mol. The maximum Gasteiger partial charge on any atom is 0.248 e. The summed E-state index contributed by atoms with van der Waals surface area (Å²) < 4.78 is 4.93. The molecule has 2 rings (SSSR count). The molecule has 2 heterocycles. The molecule has 0 aromatic rings. The number of rotatable bonds is 4. The predicted octanol–water partition coefficient (Wildman–Crippen LogP) is 0.942. The highest BCUT2D eigenvalue weighted by Crippen LogP contribution is 2.22. The van der Waals surface area contributed by atoms with Crippen LogP contribution in [0.25, 0.3) is 0 Å². The molecule has 0 bridgehead atoms. The molecule has 2 aliphatic heterocycles. The van der Waals surface area contributed by atoms with Gasteiger partial charge in [-0.2, -0.15) is 0 Å². The maximum absolute atomic E-state index is 11.8. The van der Waals surface area contributed by atoms with Gasteiger partial charge >= 0.3 is 0 Å². The summed E-state index contributed by atoms with van der Waals surface area (Å²) >= 11 is 0. The van der Waals surface area contributed by atoms with Gasteiger partial charge in [-0.05, 0) is 39.2 Å². The van der Waals surface area contributed by atoms with Gasteiger partial charge < -0.3 is 19.9 Å². The van der Waals surface area contributed by atoms with E-state index in [-0.39, 0.29) is 12.5 Å². The van der Waals surface area contributed by atoms with E-state index in [1.54, 1.807) is 7.11 Å². The van der Waals surface area contributed by atoms with Crippen LogP contribution in [-0.4, -0.2) is 74.2 Å². The van der Waals surface area contributed by atoms with Gasteiger partial charge in [-0.25, -0.2) is 0 Å². The highest BCUT2D eigenvalue weighted by molar-refractivity contribution is 5.77. The number of ether oxygens (including phenoxy) is 1. The van der Waals surface area contributed by atoms with Crippen molar-refractivity contribution in [2.75, 3.05) is 40.4 Å². The molecular formula is C16H31N3O2. The molecule has 0 spiro atoms. The van der Waals surface area contributed by atoms with Crippen LogP contribution in [-0.2, 0) is 9.53 Å². The molecular weight excluding hydrogens is 266 g/mol. The molecule has 0 aromatic carbocycles. The second-order valence-corrected chi connectivity index (χ2v) is 6.86. The normalized spacial score (nSPS) is 32.4. The molecule has 2 fully saturated rings. The molecule has 0 radical (unpaired) electrons. The Morgan fingerprint density at radius 3 is 2.57 bits per heavy atom. The summed E-state index contributed by atoms with van der Waals surface area (Å²) in [4.78, 5) is 16.2. The molecule has 1 N–H and O–H groups in total. The van der Waals surface area contributed by atoms with E-state index in [1.165, 1.54) is 13.0 Å². The van der Waals surface area contributed by atoms with Crippen LogP contribution < -0.4 is 5.32 Å². The summed E-state index contributed by atoms with van der Waals surface area (Å²) in [6.45, 7) is 7.75. The highest BCUT2D eigenvalue weighted by Gasteiger charge is 2.31. The maximum atomic E-state index is 11.8. The van der Waals surface area contributed by atoms with Crippen molar-refractivity contribution < 1.29 is 9.53 Å². The van der Waals surface area contributed by atoms with Crippen LogP contribution >= 0.6 is 0 Å². The van der Waals surface area contributed by atoms with Gasteiger partial charge in [-0.15, -0.1) is 0 Å². The zero-order valence-electron chi connectivity index (χ0n) is 14.0. The van der Waals surface area contributed by atoms with Gasteiger partial charge in [0.2, 0.25) is 5.91 Å². The van der Waals surface area contributed by atoms with Crippen molar-refractivity contribution >= 4 is 5.91 Å². The van der Waals surface area contributed by atoms with Crippen LogP contribution in [0.5, 0.6) is 0 Å². The molecule has 21 heavy (non-hydrogen) atoms. The topological polar surface area (TPSA) is 44.8 Å². The number of carbonyl (C=O) groups is 1. The summed E-state index contributed by atoms with van der Waals surface area (Å²) in [5, 5.41) is 3.85. The van der Waals surface area contributed by atoms with E-state index in [1.807, 2.05) is 4.90 Å². The summed E-state index contributed by atoms with van der Waals surface area (Å²) in [5.41, 5.74) is 0. The first-order chi connectivity index (χ1) is 10.0. The van der Waals surface area contributed by atoms with Crippen molar-refractivity contribution in [2.45, 2.75) is 51.2 Å². The van der Waals surface area contributed by atoms with E-state index in [4.69, 9.17) is 4.74 Å². The molecule has 0 saturated carbocycles. The largest absolute Gasteiger partial charge is 0.375 e. The Morgan fingerprint density at radius 1 is 1.29 bits per heavy atom. The standard InChI is InChI=1S/C16H31N3O2/c1-12-10-18(3)13(2)9-15(12)17-14-5-7-19(8-6-14)16(20)11-21-4/h12-15,17H,5-11H2,1-4H3. The summed E-state index contributed by atoms with van der Waals surface area (Å²) in [5.74, 6) is 0.816. The fraction of sp³-hybridized carbons (Fsp3) is 0.938. The lowest BCUT2D eigenvalue weighted by molar-refractivity contribution is -0.136. The van der Waals surface area contributed by atoms with E-state index in [0.29, 0.717) is 24.0 Å². The summed E-state index contributed by atoms with van der Waals surface area (Å²) in [6, 6.07) is 1.82. The second-order valence-electron chi connectivity index (χ2n) is 6.86. The molecule has 122 valence electrons. The van der Waals surface area contributed by atoms with Crippen molar-refractivity contribution in [3.8, 4) is 0 Å². The number of nitrogens with one attached hydrogen (secondary N) is 1. The van der Waals surface area contributed by atoms with Gasteiger partial charge in [-0.1, -0.05) is 6.92 Å². The highest BCUT2D eigenvalue weighted by atomic mass is 16.5. The first-order valence-corrected chi connectivity index (χ1v) is 8.24. The number of piperidine rings is 2. The number of nitrogens with zero attached hydrogens (tertiary/aromatic N) is 2. The Kier molecular flexibility index (Phi) is 6.02. The SMILES string of the molecule is COCC(=O)N1CCC(NC2CC(C)N(C)CC2C)CC1. The third kappa shape index (κ3) is 4.41. The molecule has 5 nitrogen and oxygen atoms in total. The molecule has 2 aliphatic rings. The fourth-order valence-corrected chi connectivity index (χ4v) is 3.59. The van der Waals surface area contributed by atoms with E-state index in [2.05, 4.69) is 31.1 Å². The van der Waals surface area contributed by atoms with Crippen LogP contribution in [0.4, 0.5) is 0 Å². The van der Waals surface area contributed by atoms with Gasteiger partial charge in [0.15, 0.2) is 0 Å². The first-order valence-electron chi connectivity index (χ1n) is 8.24. The lowest BCUT2D eigenvalue weighted by Crippen LogP contribution is -2.55. The number of hydrogen-bond donors (Lipinski definition) is 1. The number of methoxy groups -OCH3 is 1. The second kappa shape index (κ2) is 7.56. The zero-order chi connectivity index (χ0) is 15.4. The smallest absolute Gasteiger partial charge is 0.248 e. The molecule has 3 atom stereocenters. The van der Waals surface area contributed by atoms with Crippen LogP contribution in [0.1, 0.15) is 33.1 Å². The quantitative estimate of drug-likeness (QED) is 0.839. The minimum absolute atomic E-state index is 0.122. The Hall–Kier alpha value is -0.650. The minimum atomic E-state index is 0.122. The van der Waals surface area contributed by atoms with Crippen LogP contribution in [0.15, 0.2) is 0 Å². The van der Waals surface area contributed by atoms with Crippen LogP contribution in [0.3, 0.4) is 0 Å². The van der Waals surface area contributed by atoms with Gasteiger partial charge in [-0.3, -0.25) is 4.79 Å². The van der Waals surface area contributed by atoms with E-state index in [0.717, 1.165) is 25.9 Å². The number of carbonyl (C=O) groups excluding carboxylic acids is 1. The van der Waals surface area contributed by atoms with E-state index < -0.39 is 0 Å². The van der Waals surface area contributed by atoms with Gasteiger partial charge in [0.1, 0.15) is 6.61 Å². The lowest BCUT2D eigenvalue weighted by Gasteiger charge is -2.43. The predicted molar refractivity (Wildman–Crippen MR) is 84.3 cm³/mol. The molecule has 3 unspecified atom stereocenters. The monoisotopic (exact) mass is 297 g/mol. The van der Waals surface area contributed by atoms with Gasteiger partial charge in [0.05, 0.1) is 0 Å². The fourth-order valence-electron chi connectivity index (χ4n) is 3.59. The molecule has 1 amide bonds. The van der Waals surface area contributed by atoms with E-state index >= 15 is 0 Å². The average Bonchev–Trinajstić information content (AvgIpc) is 2.46. The van der Waals surface area contributed by atoms with Crippen molar-refractivity contribution in [1.82, 2.24) is 15.1 Å².